The molecular formula is C18H23NO4. The molecule has 1 fully saturated rings. The number of benzene rings is 1. The molecule has 2 rings (SSSR count). The molecule has 1 aromatic rings. The highest BCUT2D eigenvalue weighted by molar-refractivity contribution is 5.97. The average molecular weight is 317 g/mol. The largest absolute Gasteiger partial charge is 0.481 e. The van der Waals surface area contributed by atoms with Crippen LogP contribution in [0.3, 0.4) is 0 Å². The third kappa shape index (κ3) is 4.65. The number of ketones is 1. The number of amides is 1. The maximum Gasteiger partial charge on any atom is 0.311 e. The molecule has 0 atom stereocenters. The summed E-state index contributed by atoms with van der Waals surface area (Å²) in [4.78, 5) is 35.4. The van der Waals surface area contributed by atoms with E-state index in [1.807, 2.05) is 6.07 Å². The number of nitrogens with one attached hydrogen (secondary N) is 1. The van der Waals surface area contributed by atoms with Crippen LogP contribution in [0.15, 0.2) is 30.3 Å². The number of Topliss-reactive ketones (excluding diaryl/α,β-unsaturated/α-hetero) is 1. The second kappa shape index (κ2) is 7.90. The quantitative estimate of drug-likeness (QED) is 0.757. The molecular weight excluding hydrogens is 294 g/mol. The van der Waals surface area contributed by atoms with Gasteiger partial charge in [0.1, 0.15) is 0 Å². The van der Waals surface area contributed by atoms with Crippen molar-refractivity contribution in [3.63, 3.8) is 0 Å². The molecule has 1 amide bonds. The fourth-order valence-corrected chi connectivity index (χ4v) is 3.05. The Labute approximate surface area is 136 Å². The number of carbonyl (C=O) groups excluding carboxylic acids is 2. The molecule has 124 valence electrons. The lowest BCUT2D eigenvalue weighted by Crippen LogP contribution is -2.44. The molecule has 1 aromatic carbocycles. The predicted octanol–water partition coefficient (Wildman–Crippen LogP) is 2.80. The molecule has 0 aromatic heterocycles. The average Bonchev–Trinajstić information content (AvgIpc) is 2.59. The Hall–Kier alpha value is -2.17. The van der Waals surface area contributed by atoms with E-state index in [1.165, 1.54) is 0 Å². The highest BCUT2D eigenvalue weighted by Gasteiger charge is 2.39. The van der Waals surface area contributed by atoms with Crippen LogP contribution in [0, 0.1) is 5.41 Å². The van der Waals surface area contributed by atoms with E-state index in [4.69, 9.17) is 0 Å². The normalized spacial score (nSPS) is 16.5. The van der Waals surface area contributed by atoms with Gasteiger partial charge in [-0.25, -0.2) is 0 Å². The van der Waals surface area contributed by atoms with Gasteiger partial charge in [0.25, 0.3) is 0 Å². The van der Waals surface area contributed by atoms with Crippen LogP contribution in [-0.2, 0) is 9.59 Å². The Morgan fingerprint density at radius 1 is 1.00 bits per heavy atom. The van der Waals surface area contributed by atoms with Crippen molar-refractivity contribution in [1.82, 2.24) is 5.32 Å². The lowest BCUT2D eigenvalue weighted by atomic mass is 9.74. The van der Waals surface area contributed by atoms with Crippen LogP contribution < -0.4 is 5.32 Å². The first-order valence-corrected chi connectivity index (χ1v) is 8.12. The zero-order valence-electron chi connectivity index (χ0n) is 13.2. The van der Waals surface area contributed by atoms with Crippen LogP contribution in [0.5, 0.6) is 0 Å². The summed E-state index contributed by atoms with van der Waals surface area (Å²) in [5.41, 5.74) is -0.244. The molecule has 1 aliphatic rings. The highest BCUT2D eigenvalue weighted by Crippen LogP contribution is 2.36. The first-order valence-electron chi connectivity index (χ1n) is 8.12. The Kier molecular flexibility index (Phi) is 5.90. The maximum atomic E-state index is 12.0. The monoisotopic (exact) mass is 317 g/mol. The van der Waals surface area contributed by atoms with Gasteiger partial charge in [0.2, 0.25) is 5.91 Å². The molecule has 23 heavy (non-hydrogen) atoms. The summed E-state index contributed by atoms with van der Waals surface area (Å²) in [5.74, 6) is -1.18. The number of hydrogen-bond acceptors (Lipinski definition) is 3. The van der Waals surface area contributed by atoms with Crippen LogP contribution in [-0.4, -0.2) is 29.3 Å². The van der Waals surface area contributed by atoms with Crippen molar-refractivity contribution < 1.29 is 19.5 Å². The third-order valence-electron chi connectivity index (χ3n) is 4.56. The molecule has 1 saturated carbocycles. The van der Waals surface area contributed by atoms with Crippen LogP contribution in [0.1, 0.15) is 55.3 Å². The summed E-state index contributed by atoms with van der Waals surface area (Å²) in [6.45, 7) is 0.153. The van der Waals surface area contributed by atoms with E-state index in [9.17, 15) is 19.5 Å². The van der Waals surface area contributed by atoms with Crippen molar-refractivity contribution in [3.8, 4) is 0 Å². The van der Waals surface area contributed by atoms with Crippen LogP contribution >= 0.6 is 0 Å². The Bertz CT molecular complexity index is 562. The van der Waals surface area contributed by atoms with Gasteiger partial charge in [0.05, 0.1) is 5.41 Å². The lowest BCUT2D eigenvalue weighted by molar-refractivity contribution is -0.151. The number of aliphatic carboxylic acids is 1. The summed E-state index contributed by atoms with van der Waals surface area (Å²) in [5, 5.41) is 12.2. The van der Waals surface area contributed by atoms with Crippen LogP contribution in [0.25, 0.3) is 0 Å². The topological polar surface area (TPSA) is 83.5 Å². The third-order valence-corrected chi connectivity index (χ3v) is 4.56. The van der Waals surface area contributed by atoms with Crippen molar-refractivity contribution >= 4 is 17.7 Å². The molecule has 0 radical (unpaired) electrons. The van der Waals surface area contributed by atoms with E-state index in [2.05, 4.69) is 5.32 Å². The van der Waals surface area contributed by atoms with Gasteiger partial charge in [-0.05, 0) is 12.8 Å². The molecule has 0 bridgehead atoms. The van der Waals surface area contributed by atoms with E-state index in [1.54, 1.807) is 24.3 Å². The summed E-state index contributed by atoms with van der Waals surface area (Å²) in [7, 11) is 0. The molecule has 2 N–H and O–H groups in total. The highest BCUT2D eigenvalue weighted by atomic mass is 16.4. The molecule has 0 unspecified atom stereocenters. The van der Waals surface area contributed by atoms with Crippen LogP contribution in [0.4, 0.5) is 0 Å². The van der Waals surface area contributed by atoms with Crippen molar-refractivity contribution in [1.29, 1.82) is 0 Å². The zero-order chi connectivity index (χ0) is 16.7. The van der Waals surface area contributed by atoms with E-state index >= 15 is 0 Å². The van der Waals surface area contributed by atoms with E-state index < -0.39 is 11.4 Å². The smallest absolute Gasteiger partial charge is 0.311 e. The van der Waals surface area contributed by atoms with E-state index in [0.29, 0.717) is 18.4 Å². The van der Waals surface area contributed by atoms with Crippen molar-refractivity contribution in [2.75, 3.05) is 6.54 Å². The van der Waals surface area contributed by atoms with Crippen molar-refractivity contribution in [2.45, 2.75) is 44.9 Å². The minimum Gasteiger partial charge on any atom is -0.481 e. The molecule has 0 saturated heterocycles. The maximum absolute atomic E-state index is 12.0. The minimum atomic E-state index is -0.836. The van der Waals surface area contributed by atoms with E-state index in [-0.39, 0.29) is 31.1 Å². The standard InChI is InChI=1S/C18H23NO4/c20-15(14-7-3-1-4-8-14)9-10-16(21)19-13-18(17(22)23)11-5-2-6-12-18/h1,3-4,7-8H,2,5-6,9-13H2,(H,19,21)(H,22,23). The van der Waals surface area contributed by atoms with Gasteiger partial charge in [0.15, 0.2) is 5.78 Å². The van der Waals surface area contributed by atoms with Gasteiger partial charge in [-0.3, -0.25) is 14.4 Å². The molecule has 0 aliphatic heterocycles. The van der Waals surface area contributed by atoms with Gasteiger partial charge in [-0.2, -0.15) is 0 Å². The second-order valence-electron chi connectivity index (χ2n) is 6.21. The Morgan fingerprint density at radius 3 is 2.26 bits per heavy atom. The Balaban J connectivity index is 1.80. The van der Waals surface area contributed by atoms with Gasteiger partial charge in [-0.15, -0.1) is 0 Å². The van der Waals surface area contributed by atoms with Crippen LogP contribution in [0.2, 0.25) is 0 Å². The fraction of sp³-hybridized carbons (Fsp3) is 0.500. The van der Waals surface area contributed by atoms with Gasteiger partial charge in [0, 0.05) is 24.9 Å². The number of carboxylic acids is 1. The zero-order valence-corrected chi connectivity index (χ0v) is 13.2. The molecule has 0 heterocycles. The van der Waals surface area contributed by atoms with Gasteiger partial charge in [-0.1, -0.05) is 49.6 Å². The molecule has 1 aliphatic carbocycles. The molecule has 5 heteroatoms. The predicted molar refractivity (Wildman–Crippen MR) is 86.2 cm³/mol. The van der Waals surface area contributed by atoms with Gasteiger partial charge < -0.3 is 10.4 Å². The van der Waals surface area contributed by atoms with E-state index in [0.717, 1.165) is 19.3 Å². The Morgan fingerprint density at radius 2 is 1.65 bits per heavy atom. The summed E-state index contributed by atoms with van der Waals surface area (Å²) < 4.78 is 0. The SMILES string of the molecule is O=C(CCC(=O)c1ccccc1)NCC1(C(=O)O)CCCCC1. The number of hydrogen-bond donors (Lipinski definition) is 2. The number of rotatable bonds is 7. The van der Waals surface area contributed by atoms with Gasteiger partial charge >= 0.3 is 5.97 Å². The summed E-state index contributed by atoms with van der Waals surface area (Å²) >= 11 is 0. The second-order valence-corrected chi connectivity index (χ2v) is 6.21. The van der Waals surface area contributed by atoms with Crippen molar-refractivity contribution in [2.24, 2.45) is 5.41 Å². The fourth-order valence-electron chi connectivity index (χ4n) is 3.05. The molecule has 0 spiro atoms. The number of carbonyl (C=O) groups is 3. The number of carboxylic acid groups (broad SMARTS) is 1. The molecule has 5 nitrogen and oxygen atoms in total. The summed E-state index contributed by atoms with van der Waals surface area (Å²) in [6, 6.07) is 8.85. The minimum absolute atomic E-state index is 0.0774. The lowest BCUT2D eigenvalue weighted by Gasteiger charge is -2.33. The summed E-state index contributed by atoms with van der Waals surface area (Å²) in [6.07, 6.45) is 4.24. The first kappa shape index (κ1) is 17.2. The van der Waals surface area contributed by atoms with Crippen molar-refractivity contribution in [3.05, 3.63) is 35.9 Å². The first-order chi connectivity index (χ1) is 11.0.